The first-order valence-electron chi connectivity index (χ1n) is 8.84. The third-order valence-corrected chi connectivity index (χ3v) is 4.32. The number of carbonyl (C=O) groups excluding carboxylic acids is 1. The Hall–Kier alpha value is -4.07. The Morgan fingerprint density at radius 1 is 1.00 bits per heavy atom. The number of furan rings is 1. The Kier molecular flexibility index (Phi) is 6.17. The highest BCUT2D eigenvalue weighted by Crippen LogP contribution is 2.38. The third-order valence-electron chi connectivity index (χ3n) is 4.32. The van der Waals surface area contributed by atoms with Crippen molar-refractivity contribution < 1.29 is 28.3 Å². The fourth-order valence-electron chi connectivity index (χ4n) is 2.85. The van der Waals surface area contributed by atoms with Gasteiger partial charge in [0.25, 0.3) is 5.69 Å². The topological polar surface area (TPSA) is 101 Å². The molecular formula is C22H19NO7. The molecule has 0 saturated heterocycles. The number of hydrogen-bond donors (Lipinski definition) is 0. The average Bonchev–Trinajstić information content (AvgIpc) is 3.25. The molecule has 0 N–H and O–H groups in total. The standard InChI is InChI=1S/C22H19NO7/c1-27-20-12-15(13-21(28-2)22(20)29-3)18(24)9-7-17-8-10-19(30-17)14-5-4-6-16(11-14)23(25)26/h4-13H,1-3H3. The molecule has 0 amide bonds. The van der Waals surface area contributed by atoms with Gasteiger partial charge in [0, 0.05) is 23.3 Å². The van der Waals surface area contributed by atoms with E-state index < -0.39 is 4.92 Å². The molecule has 0 spiro atoms. The van der Waals surface area contributed by atoms with Crippen molar-refractivity contribution in [2.45, 2.75) is 0 Å². The maximum Gasteiger partial charge on any atom is 0.270 e. The minimum atomic E-state index is -0.469. The molecule has 0 unspecified atom stereocenters. The number of benzene rings is 2. The molecule has 0 aliphatic carbocycles. The van der Waals surface area contributed by atoms with E-state index in [1.54, 1.807) is 36.4 Å². The first kappa shape index (κ1) is 20.7. The number of ether oxygens (including phenoxy) is 3. The molecule has 8 nitrogen and oxygen atoms in total. The van der Waals surface area contributed by atoms with E-state index in [4.69, 9.17) is 18.6 Å². The van der Waals surface area contributed by atoms with E-state index in [0.29, 0.717) is 39.9 Å². The Balaban J connectivity index is 1.83. The number of nitrogens with zero attached hydrogens (tertiary/aromatic N) is 1. The van der Waals surface area contributed by atoms with Crippen LogP contribution < -0.4 is 14.2 Å². The number of nitro groups is 1. The Morgan fingerprint density at radius 2 is 1.70 bits per heavy atom. The normalized spacial score (nSPS) is 10.8. The van der Waals surface area contributed by atoms with E-state index in [0.717, 1.165) is 0 Å². The lowest BCUT2D eigenvalue weighted by atomic mass is 10.1. The maximum atomic E-state index is 12.6. The molecule has 0 aliphatic heterocycles. The third kappa shape index (κ3) is 4.33. The summed E-state index contributed by atoms with van der Waals surface area (Å²) >= 11 is 0. The van der Waals surface area contributed by atoms with Gasteiger partial charge in [-0.2, -0.15) is 0 Å². The summed E-state index contributed by atoms with van der Waals surface area (Å²) in [6.45, 7) is 0. The van der Waals surface area contributed by atoms with Crippen LogP contribution in [0.5, 0.6) is 17.2 Å². The number of methoxy groups -OCH3 is 3. The van der Waals surface area contributed by atoms with Gasteiger partial charge >= 0.3 is 0 Å². The fraction of sp³-hybridized carbons (Fsp3) is 0.136. The Bertz CT molecular complexity index is 1090. The summed E-state index contributed by atoms with van der Waals surface area (Å²) < 4.78 is 21.5. The van der Waals surface area contributed by atoms with Crippen molar-refractivity contribution in [2.24, 2.45) is 0 Å². The highest BCUT2D eigenvalue weighted by Gasteiger charge is 2.16. The first-order chi connectivity index (χ1) is 14.5. The van der Waals surface area contributed by atoms with Crippen LogP contribution in [-0.2, 0) is 0 Å². The molecular weight excluding hydrogens is 390 g/mol. The molecule has 0 aliphatic rings. The number of carbonyl (C=O) groups is 1. The van der Waals surface area contributed by atoms with Crippen LogP contribution >= 0.6 is 0 Å². The van der Waals surface area contributed by atoms with Gasteiger partial charge in [-0.05, 0) is 36.4 Å². The average molecular weight is 409 g/mol. The summed E-state index contributed by atoms with van der Waals surface area (Å²) in [4.78, 5) is 23.1. The molecule has 3 rings (SSSR count). The van der Waals surface area contributed by atoms with Crippen molar-refractivity contribution >= 4 is 17.5 Å². The van der Waals surface area contributed by atoms with Gasteiger partial charge in [-0.15, -0.1) is 0 Å². The molecule has 30 heavy (non-hydrogen) atoms. The van der Waals surface area contributed by atoms with Gasteiger partial charge < -0.3 is 18.6 Å². The molecule has 0 radical (unpaired) electrons. The molecule has 1 heterocycles. The summed E-state index contributed by atoms with van der Waals surface area (Å²) in [5.74, 6) is 1.74. The number of nitro benzene ring substituents is 1. The van der Waals surface area contributed by atoms with Crippen molar-refractivity contribution in [3.8, 4) is 28.6 Å². The molecule has 1 aromatic heterocycles. The quantitative estimate of drug-likeness (QED) is 0.228. The summed E-state index contributed by atoms with van der Waals surface area (Å²) in [6, 6.07) is 12.6. The first-order valence-corrected chi connectivity index (χ1v) is 8.84. The van der Waals surface area contributed by atoms with Gasteiger partial charge in [-0.1, -0.05) is 12.1 Å². The zero-order valence-electron chi connectivity index (χ0n) is 16.6. The predicted molar refractivity (Wildman–Crippen MR) is 110 cm³/mol. The zero-order valence-corrected chi connectivity index (χ0v) is 16.6. The van der Waals surface area contributed by atoms with Crippen molar-refractivity contribution in [3.63, 3.8) is 0 Å². The molecule has 2 aromatic carbocycles. The van der Waals surface area contributed by atoms with Crippen LogP contribution in [0.15, 0.2) is 59.0 Å². The largest absolute Gasteiger partial charge is 0.493 e. The SMILES string of the molecule is COc1cc(C(=O)C=Cc2ccc(-c3cccc([N+](=O)[O-])c3)o2)cc(OC)c1OC. The van der Waals surface area contributed by atoms with Crippen LogP contribution in [0.1, 0.15) is 16.1 Å². The van der Waals surface area contributed by atoms with E-state index >= 15 is 0 Å². The van der Waals surface area contributed by atoms with E-state index in [2.05, 4.69) is 0 Å². The maximum absolute atomic E-state index is 12.6. The van der Waals surface area contributed by atoms with E-state index in [-0.39, 0.29) is 11.5 Å². The van der Waals surface area contributed by atoms with Gasteiger partial charge in [0.1, 0.15) is 11.5 Å². The molecule has 8 heteroatoms. The van der Waals surface area contributed by atoms with Crippen molar-refractivity contribution in [2.75, 3.05) is 21.3 Å². The summed E-state index contributed by atoms with van der Waals surface area (Å²) in [5, 5.41) is 10.9. The van der Waals surface area contributed by atoms with Crippen LogP contribution in [0.2, 0.25) is 0 Å². The zero-order chi connectivity index (χ0) is 21.7. The Labute approximate surface area is 172 Å². The monoisotopic (exact) mass is 409 g/mol. The van der Waals surface area contributed by atoms with Crippen molar-refractivity contribution in [1.29, 1.82) is 0 Å². The molecule has 0 saturated carbocycles. The van der Waals surface area contributed by atoms with Crippen LogP contribution in [-0.4, -0.2) is 32.0 Å². The number of hydrogen-bond acceptors (Lipinski definition) is 7. The van der Waals surface area contributed by atoms with Gasteiger partial charge in [-0.25, -0.2) is 0 Å². The van der Waals surface area contributed by atoms with Crippen molar-refractivity contribution in [1.82, 2.24) is 0 Å². The second-order valence-corrected chi connectivity index (χ2v) is 6.12. The van der Waals surface area contributed by atoms with Crippen LogP contribution in [0.4, 0.5) is 5.69 Å². The van der Waals surface area contributed by atoms with Crippen LogP contribution in [0.3, 0.4) is 0 Å². The van der Waals surface area contributed by atoms with Gasteiger partial charge in [-0.3, -0.25) is 14.9 Å². The van der Waals surface area contributed by atoms with E-state index in [9.17, 15) is 14.9 Å². The summed E-state index contributed by atoms with van der Waals surface area (Å²) in [5.41, 5.74) is 0.893. The molecule has 0 atom stereocenters. The van der Waals surface area contributed by atoms with Gasteiger partial charge in [0.15, 0.2) is 17.3 Å². The van der Waals surface area contributed by atoms with Crippen LogP contribution in [0, 0.1) is 10.1 Å². The molecule has 154 valence electrons. The fourth-order valence-corrected chi connectivity index (χ4v) is 2.85. The highest BCUT2D eigenvalue weighted by molar-refractivity contribution is 6.07. The number of non-ortho nitro benzene ring substituents is 1. The predicted octanol–water partition coefficient (Wildman–Crippen LogP) is 4.78. The Morgan fingerprint density at radius 3 is 2.30 bits per heavy atom. The summed E-state index contributed by atoms with van der Waals surface area (Å²) in [6.07, 6.45) is 2.88. The minimum Gasteiger partial charge on any atom is -0.493 e. The number of rotatable bonds is 8. The van der Waals surface area contributed by atoms with E-state index in [1.807, 2.05) is 0 Å². The van der Waals surface area contributed by atoms with Gasteiger partial charge in [0.2, 0.25) is 5.75 Å². The smallest absolute Gasteiger partial charge is 0.270 e. The second kappa shape index (κ2) is 8.95. The van der Waals surface area contributed by atoms with Crippen molar-refractivity contribution in [3.05, 3.63) is 76.0 Å². The molecule has 0 bridgehead atoms. The molecule has 0 fully saturated rings. The van der Waals surface area contributed by atoms with Gasteiger partial charge in [0.05, 0.1) is 26.3 Å². The molecule has 3 aromatic rings. The minimum absolute atomic E-state index is 0.0291. The summed E-state index contributed by atoms with van der Waals surface area (Å²) in [7, 11) is 4.43. The lowest BCUT2D eigenvalue weighted by molar-refractivity contribution is -0.384. The number of ketones is 1. The highest BCUT2D eigenvalue weighted by atomic mass is 16.6. The lowest BCUT2D eigenvalue weighted by Gasteiger charge is -2.13. The van der Waals surface area contributed by atoms with Crippen LogP contribution in [0.25, 0.3) is 17.4 Å². The number of allylic oxidation sites excluding steroid dienone is 1. The van der Waals surface area contributed by atoms with E-state index in [1.165, 1.54) is 45.6 Å². The lowest BCUT2D eigenvalue weighted by Crippen LogP contribution is -2.00. The second-order valence-electron chi connectivity index (χ2n) is 6.12.